The maximum Gasteiger partial charge on any atom is 0.295 e. The molecule has 0 bridgehead atoms. The highest BCUT2D eigenvalue weighted by atomic mass is 32.2. The van der Waals surface area contributed by atoms with Crippen LogP contribution in [0.1, 0.15) is 16.1 Å². The summed E-state index contributed by atoms with van der Waals surface area (Å²) in [6, 6.07) is 15.4. The van der Waals surface area contributed by atoms with E-state index in [-0.39, 0.29) is 22.1 Å². The third-order valence-electron chi connectivity index (χ3n) is 6.47. The highest BCUT2D eigenvalue weighted by molar-refractivity contribution is 7.87. The number of nitrogens with one attached hydrogen (secondary N) is 2. The molecule has 1 heterocycles. The second-order valence-electron chi connectivity index (χ2n) is 9.66. The Morgan fingerprint density at radius 3 is 1.95 bits per heavy atom. The molecular weight excluding hydrogens is 637 g/mol. The van der Waals surface area contributed by atoms with E-state index in [1.54, 1.807) is 37.3 Å². The van der Waals surface area contributed by atoms with E-state index in [2.05, 4.69) is 15.6 Å². The van der Waals surface area contributed by atoms with Crippen LogP contribution in [0.25, 0.3) is 21.7 Å². The Labute approximate surface area is 250 Å². The van der Waals surface area contributed by atoms with Crippen LogP contribution in [0.3, 0.4) is 0 Å². The maximum atomic E-state index is 12.8. The smallest absolute Gasteiger partial charge is 0.295 e. The van der Waals surface area contributed by atoms with Crippen molar-refractivity contribution in [2.75, 3.05) is 16.4 Å². The van der Waals surface area contributed by atoms with E-state index in [0.717, 1.165) is 18.2 Å². The number of benzene rings is 4. The standard InChI is InChI=1S/C27H22N4O10S3/c1-14-8-23(21-11-18(6-7-22(21)29-14)30-27(32)15-2-4-17(28)5-3-15)31-24-12-19(42(33,34)35)9-16-10-20(43(36,37)38)13-25(26(16)24)44(39,40)41/h2-13H,28H2,1H3,(H,29,31)(H,30,32)(H,33,34,35)(H,36,37,38)(H,39,40,41). The molecule has 5 aromatic rings. The number of nitrogens with zero attached hydrogens (tertiary/aromatic N) is 1. The number of nitrogens with two attached hydrogens (primary N) is 1. The van der Waals surface area contributed by atoms with E-state index in [4.69, 9.17) is 5.73 Å². The topological polar surface area (TPSA) is 243 Å². The first-order chi connectivity index (χ1) is 20.4. The van der Waals surface area contributed by atoms with E-state index < -0.39 is 50.9 Å². The van der Waals surface area contributed by atoms with Gasteiger partial charge in [-0.3, -0.25) is 23.4 Å². The summed E-state index contributed by atoms with van der Waals surface area (Å²) in [6.45, 7) is 1.65. The van der Waals surface area contributed by atoms with Crippen molar-refractivity contribution in [3.63, 3.8) is 0 Å². The number of anilines is 4. The van der Waals surface area contributed by atoms with Crippen LogP contribution >= 0.6 is 0 Å². The van der Waals surface area contributed by atoms with Crippen molar-refractivity contribution in [3.8, 4) is 0 Å². The van der Waals surface area contributed by atoms with Gasteiger partial charge in [0.2, 0.25) is 0 Å². The second kappa shape index (κ2) is 10.8. The van der Waals surface area contributed by atoms with Gasteiger partial charge >= 0.3 is 0 Å². The van der Waals surface area contributed by atoms with E-state index in [1.165, 1.54) is 18.2 Å². The van der Waals surface area contributed by atoms with Crippen LogP contribution in [0.15, 0.2) is 87.5 Å². The summed E-state index contributed by atoms with van der Waals surface area (Å²) in [4.78, 5) is 14.6. The normalized spacial score (nSPS) is 12.4. The molecule has 44 heavy (non-hydrogen) atoms. The molecule has 1 amide bonds. The summed E-state index contributed by atoms with van der Waals surface area (Å²) in [5.41, 5.74) is 7.65. The number of aryl methyl sites for hydroxylation is 1. The van der Waals surface area contributed by atoms with Crippen LogP contribution in [-0.4, -0.2) is 49.8 Å². The molecule has 17 heteroatoms. The quantitative estimate of drug-likeness (QED) is 0.107. The van der Waals surface area contributed by atoms with E-state index in [1.807, 2.05) is 0 Å². The molecule has 0 unspecified atom stereocenters. The molecule has 7 N–H and O–H groups in total. The SMILES string of the molecule is Cc1cc(Nc2cc(S(=O)(=O)O)cc3cc(S(=O)(=O)O)cc(S(=O)(=O)O)c23)c2cc(NC(=O)c3ccc(N)cc3)ccc2n1. The molecule has 0 fully saturated rings. The van der Waals surface area contributed by atoms with Gasteiger partial charge in [-0.25, -0.2) is 0 Å². The largest absolute Gasteiger partial charge is 0.399 e. The zero-order valence-electron chi connectivity index (χ0n) is 22.4. The first-order valence-electron chi connectivity index (χ1n) is 12.3. The predicted molar refractivity (Wildman–Crippen MR) is 162 cm³/mol. The Bertz CT molecular complexity index is 2340. The molecule has 0 radical (unpaired) electrons. The minimum absolute atomic E-state index is 0.227. The van der Waals surface area contributed by atoms with Crippen LogP contribution < -0.4 is 16.4 Å². The average Bonchev–Trinajstić information content (AvgIpc) is 2.91. The molecular formula is C27H22N4O10S3. The lowest BCUT2D eigenvalue weighted by Gasteiger charge is -2.17. The van der Waals surface area contributed by atoms with E-state index >= 15 is 0 Å². The number of rotatable bonds is 7. The predicted octanol–water partition coefficient (Wildman–Crippen LogP) is 4.01. The van der Waals surface area contributed by atoms with Crippen LogP contribution in [0.5, 0.6) is 0 Å². The van der Waals surface area contributed by atoms with Gasteiger partial charge in [0.1, 0.15) is 4.90 Å². The highest BCUT2D eigenvalue weighted by Gasteiger charge is 2.25. The van der Waals surface area contributed by atoms with Crippen molar-refractivity contribution in [2.24, 2.45) is 0 Å². The van der Waals surface area contributed by atoms with Crippen molar-refractivity contribution in [1.29, 1.82) is 0 Å². The minimum atomic E-state index is -5.17. The summed E-state index contributed by atoms with van der Waals surface area (Å²) >= 11 is 0. The number of nitrogen functional groups attached to an aromatic ring is 1. The first-order valence-corrected chi connectivity index (χ1v) is 16.6. The molecule has 0 atom stereocenters. The fourth-order valence-electron chi connectivity index (χ4n) is 4.54. The summed E-state index contributed by atoms with van der Waals surface area (Å²) < 4.78 is 102. The van der Waals surface area contributed by atoms with Gasteiger partial charge < -0.3 is 16.4 Å². The number of aromatic nitrogens is 1. The lowest BCUT2D eigenvalue weighted by atomic mass is 10.1. The number of carbonyl (C=O) groups excluding carboxylic acids is 1. The zero-order chi connectivity index (χ0) is 32.2. The molecule has 0 spiro atoms. The van der Waals surface area contributed by atoms with Crippen molar-refractivity contribution in [2.45, 2.75) is 21.6 Å². The second-order valence-corrected chi connectivity index (χ2v) is 13.9. The number of pyridine rings is 1. The zero-order valence-corrected chi connectivity index (χ0v) is 24.8. The molecule has 0 aliphatic carbocycles. The summed E-state index contributed by atoms with van der Waals surface area (Å²) in [5.74, 6) is -0.446. The van der Waals surface area contributed by atoms with Gasteiger partial charge in [-0.15, -0.1) is 0 Å². The van der Waals surface area contributed by atoms with Gasteiger partial charge in [0.25, 0.3) is 36.3 Å². The summed E-state index contributed by atoms with van der Waals surface area (Å²) in [7, 11) is -15.1. The minimum Gasteiger partial charge on any atom is -0.399 e. The average molecular weight is 659 g/mol. The molecule has 0 aliphatic rings. The third-order valence-corrected chi connectivity index (χ3v) is 9.01. The monoisotopic (exact) mass is 658 g/mol. The van der Waals surface area contributed by atoms with Crippen molar-refractivity contribution < 1.29 is 43.7 Å². The molecule has 4 aromatic carbocycles. The van der Waals surface area contributed by atoms with Crippen molar-refractivity contribution in [3.05, 3.63) is 84.1 Å². The molecule has 14 nitrogen and oxygen atoms in total. The summed E-state index contributed by atoms with van der Waals surface area (Å²) in [5, 5.41) is 5.28. The van der Waals surface area contributed by atoms with Crippen LogP contribution in [0.4, 0.5) is 22.7 Å². The summed E-state index contributed by atoms with van der Waals surface area (Å²) in [6.07, 6.45) is 0. The Morgan fingerprint density at radius 1 is 0.750 bits per heavy atom. The van der Waals surface area contributed by atoms with Gasteiger partial charge in [0, 0.05) is 44.8 Å². The molecule has 0 saturated heterocycles. The Balaban J connectivity index is 1.72. The van der Waals surface area contributed by atoms with Crippen LogP contribution in [0, 0.1) is 6.92 Å². The van der Waals surface area contributed by atoms with Crippen LogP contribution in [0.2, 0.25) is 0 Å². The van der Waals surface area contributed by atoms with Gasteiger partial charge in [-0.1, -0.05) is 0 Å². The third kappa shape index (κ3) is 6.32. The number of fused-ring (bicyclic) bond motifs is 2. The molecule has 0 saturated carbocycles. The van der Waals surface area contributed by atoms with Crippen LogP contribution in [-0.2, 0) is 30.4 Å². The number of hydrogen-bond acceptors (Lipinski definition) is 10. The number of carbonyl (C=O) groups is 1. The highest BCUT2D eigenvalue weighted by Crippen LogP contribution is 2.38. The van der Waals surface area contributed by atoms with Gasteiger partial charge in [0.15, 0.2) is 0 Å². The van der Waals surface area contributed by atoms with Crippen molar-refractivity contribution in [1.82, 2.24) is 4.98 Å². The molecule has 228 valence electrons. The van der Waals surface area contributed by atoms with Gasteiger partial charge in [-0.05, 0) is 85.1 Å². The van der Waals surface area contributed by atoms with Gasteiger partial charge in [-0.2, -0.15) is 25.3 Å². The number of hydrogen-bond donors (Lipinski definition) is 6. The Kier molecular flexibility index (Phi) is 7.57. The first kappa shape index (κ1) is 30.8. The lowest BCUT2D eigenvalue weighted by Crippen LogP contribution is -2.12. The molecule has 1 aromatic heterocycles. The maximum absolute atomic E-state index is 12.8. The fourth-order valence-corrected chi connectivity index (χ4v) is 6.47. The molecule has 5 rings (SSSR count). The van der Waals surface area contributed by atoms with Crippen molar-refractivity contribution >= 4 is 80.7 Å². The lowest BCUT2D eigenvalue weighted by molar-refractivity contribution is 0.102. The Morgan fingerprint density at radius 2 is 1.36 bits per heavy atom. The molecule has 0 aliphatic heterocycles. The van der Waals surface area contributed by atoms with E-state index in [0.29, 0.717) is 39.6 Å². The Hall–Kier alpha value is -4.65. The van der Waals surface area contributed by atoms with Gasteiger partial charge in [0.05, 0.1) is 15.3 Å². The van der Waals surface area contributed by atoms with E-state index in [9.17, 15) is 43.7 Å². The number of amides is 1. The fraction of sp³-hybridized carbons (Fsp3) is 0.0370.